The average Bonchev–Trinajstić information content (AvgIpc) is 2.36. The lowest BCUT2D eigenvalue weighted by molar-refractivity contribution is 0.118. The van der Waals surface area contributed by atoms with Crippen molar-refractivity contribution in [2.24, 2.45) is 5.73 Å². The molecule has 0 aliphatic heterocycles. The van der Waals surface area contributed by atoms with Gasteiger partial charge in [-0.1, -0.05) is 6.07 Å². The second-order valence-corrected chi connectivity index (χ2v) is 2.85. The van der Waals surface area contributed by atoms with E-state index in [1.54, 1.807) is 17.5 Å². The van der Waals surface area contributed by atoms with Crippen molar-refractivity contribution in [3.8, 4) is 0 Å². The molecular formula is C6H7F2NS. The van der Waals surface area contributed by atoms with Crippen molar-refractivity contribution in [2.75, 3.05) is 0 Å². The third kappa shape index (κ3) is 1.52. The Kier molecular flexibility index (Phi) is 2.34. The van der Waals surface area contributed by atoms with Gasteiger partial charge in [0, 0.05) is 4.88 Å². The molecule has 4 heteroatoms. The van der Waals surface area contributed by atoms with Crippen LogP contribution in [0.4, 0.5) is 8.78 Å². The van der Waals surface area contributed by atoms with E-state index in [-0.39, 0.29) is 0 Å². The smallest absolute Gasteiger partial charge is 0.258 e. The first kappa shape index (κ1) is 7.63. The van der Waals surface area contributed by atoms with Crippen LogP contribution in [0.1, 0.15) is 10.9 Å². The highest BCUT2D eigenvalue weighted by molar-refractivity contribution is 7.10. The first-order valence-corrected chi connectivity index (χ1v) is 3.67. The molecule has 2 N–H and O–H groups in total. The molecule has 0 unspecified atom stereocenters. The van der Waals surface area contributed by atoms with Crippen LogP contribution in [0.5, 0.6) is 0 Å². The summed E-state index contributed by atoms with van der Waals surface area (Å²) >= 11 is 1.25. The average molecular weight is 163 g/mol. The summed E-state index contributed by atoms with van der Waals surface area (Å²) in [7, 11) is 0. The highest BCUT2D eigenvalue weighted by Gasteiger charge is 2.17. The van der Waals surface area contributed by atoms with Crippen molar-refractivity contribution in [2.45, 2.75) is 12.5 Å². The van der Waals surface area contributed by atoms with Crippen molar-refractivity contribution in [1.82, 2.24) is 0 Å². The molecule has 0 bridgehead atoms. The lowest BCUT2D eigenvalue weighted by Crippen LogP contribution is -2.17. The molecule has 0 aliphatic rings. The Morgan fingerprint density at radius 3 is 2.60 bits per heavy atom. The molecule has 56 valence electrons. The quantitative estimate of drug-likeness (QED) is 0.709. The zero-order valence-electron chi connectivity index (χ0n) is 5.13. The van der Waals surface area contributed by atoms with Gasteiger partial charge in [0.2, 0.25) is 0 Å². The van der Waals surface area contributed by atoms with E-state index < -0.39 is 12.5 Å². The first-order valence-electron chi connectivity index (χ1n) is 2.79. The van der Waals surface area contributed by atoms with Crippen molar-refractivity contribution in [1.29, 1.82) is 0 Å². The summed E-state index contributed by atoms with van der Waals surface area (Å²) in [6.07, 6.45) is -2.46. The van der Waals surface area contributed by atoms with Gasteiger partial charge in [0.1, 0.15) is 6.04 Å². The Morgan fingerprint density at radius 2 is 2.20 bits per heavy atom. The molecule has 1 aromatic rings. The lowest BCUT2D eigenvalue weighted by Gasteiger charge is -2.05. The molecule has 0 aromatic carbocycles. The number of hydrogen-bond donors (Lipinski definition) is 1. The summed E-state index contributed by atoms with van der Waals surface area (Å²) in [6, 6.07) is 2.21. The van der Waals surface area contributed by atoms with Crippen molar-refractivity contribution >= 4 is 11.3 Å². The SMILES string of the molecule is N[C@@H](c1cccs1)C(F)F. The summed E-state index contributed by atoms with van der Waals surface area (Å²) in [4.78, 5) is 0.537. The summed E-state index contributed by atoms with van der Waals surface area (Å²) in [6.45, 7) is 0. The van der Waals surface area contributed by atoms with Gasteiger partial charge in [-0.2, -0.15) is 0 Å². The van der Waals surface area contributed by atoms with E-state index >= 15 is 0 Å². The van der Waals surface area contributed by atoms with E-state index in [1.807, 2.05) is 0 Å². The predicted octanol–water partition coefficient (Wildman–Crippen LogP) is 2.01. The number of alkyl halides is 2. The summed E-state index contributed by atoms with van der Waals surface area (Å²) in [5.74, 6) is 0. The largest absolute Gasteiger partial charge is 0.319 e. The maximum Gasteiger partial charge on any atom is 0.258 e. The Labute approximate surface area is 61.5 Å². The molecule has 0 amide bonds. The third-order valence-corrected chi connectivity index (χ3v) is 2.12. The minimum atomic E-state index is -2.46. The van der Waals surface area contributed by atoms with Crippen molar-refractivity contribution < 1.29 is 8.78 Å². The second-order valence-electron chi connectivity index (χ2n) is 1.88. The van der Waals surface area contributed by atoms with E-state index in [0.717, 1.165) is 0 Å². The minimum Gasteiger partial charge on any atom is -0.319 e. The monoisotopic (exact) mass is 163 g/mol. The molecule has 10 heavy (non-hydrogen) atoms. The van der Waals surface area contributed by atoms with E-state index in [0.29, 0.717) is 4.88 Å². The maximum absolute atomic E-state index is 11.9. The first-order chi connectivity index (χ1) is 4.72. The number of halogens is 2. The van der Waals surface area contributed by atoms with Gasteiger partial charge >= 0.3 is 0 Å². The Morgan fingerprint density at radius 1 is 1.50 bits per heavy atom. The summed E-state index contributed by atoms with van der Waals surface area (Å²) in [5, 5.41) is 1.73. The highest BCUT2D eigenvalue weighted by atomic mass is 32.1. The minimum absolute atomic E-state index is 0.537. The fraction of sp³-hybridized carbons (Fsp3) is 0.333. The van der Waals surface area contributed by atoms with Gasteiger partial charge in [0.05, 0.1) is 0 Å². The fourth-order valence-corrected chi connectivity index (χ4v) is 1.34. The van der Waals surface area contributed by atoms with Crippen LogP contribution in [0.25, 0.3) is 0 Å². The number of nitrogens with two attached hydrogens (primary N) is 1. The molecule has 0 aliphatic carbocycles. The Hall–Kier alpha value is -0.480. The van der Waals surface area contributed by atoms with E-state index in [2.05, 4.69) is 0 Å². The number of hydrogen-bond acceptors (Lipinski definition) is 2. The van der Waals surface area contributed by atoms with Crippen LogP contribution in [0.15, 0.2) is 17.5 Å². The molecule has 1 rings (SSSR count). The molecule has 1 nitrogen and oxygen atoms in total. The predicted molar refractivity (Wildman–Crippen MR) is 37.3 cm³/mol. The zero-order valence-corrected chi connectivity index (χ0v) is 5.94. The standard InChI is InChI=1S/C6H7F2NS/c7-6(8)5(9)4-2-1-3-10-4/h1-3,5-6H,9H2/t5-/m0/s1. The van der Waals surface area contributed by atoms with Crippen LogP contribution in [0.2, 0.25) is 0 Å². The maximum atomic E-state index is 11.9. The zero-order chi connectivity index (χ0) is 7.56. The van der Waals surface area contributed by atoms with Crippen LogP contribution in [-0.4, -0.2) is 6.43 Å². The van der Waals surface area contributed by atoms with Crippen LogP contribution in [0.3, 0.4) is 0 Å². The molecular weight excluding hydrogens is 156 g/mol. The number of thiophene rings is 1. The van der Waals surface area contributed by atoms with Crippen molar-refractivity contribution in [3.63, 3.8) is 0 Å². The van der Waals surface area contributed by atoms with Gasteiger partial charge in [0.15, 0.2) is 0 Å². The van der Waals surface area contributed by atoms with Crippen molar-refractivity contribution in [3.05, 3.63) is 22.4 Å². The molecule has 0 spiro atoms. The molecule has 0 saturated heterocycles. The summed E-state index contributed by atoms with van der Waals surface area (Å²) in [5.41, 5.74) is 5.14. The van der Waals surface area contributed by atoms with E-state index in [4.69, 9.17) is 5.73 Å². The fourth-order valence-electron chi connectivity index (χ4n) is 0.605. The Balaban J connectivity index is 2.68. The van der Waals surface area contributed by atoms with Gasteiger partial charge in [-0.25, -0.2) is 8.78 Å². The van der Waals surface area contributed by atoms with Crippen LogP contribution >= 0.6 is 11.3 Å². The van der Waals surface area contributed by atoms with Crippen LogP contribution in [-0.2, 0) is 0 Å². The Bertz CT molecular complexity index is 186. The molecule has 0 saturated carbocycles. The topological polar surface area (TPSA) is 26.0 Å². The number of rotatable bonds is 2. The molecule has 0 radical (unpaired) electrons. The van der Waals surface area contributed by atoms with Gasteiger partial charge in [-0.05, 0) is 11.4 Å². The molecule has 1 aromatic heterocycles. The summed E-state index contributed by atoms with van der Waals surface area (Å²) < 4.78 is 23.7. The van der Waals surface area contributed by atoms with Gasteiger partial charge in [-0.15, -0.1) is 11.3 Å². The van der Waals surface area contributed by atoms with Gasteiger partial charge < -0.3 is 5.73 Å². The lowest BCUT2D eigenvalue weighted by atomic mass is 10.3. The second kappa shape index (κ2) is 3.07. The molecule has 1 heterocycles. The van der Waals surface area contributed by atoms with E-state index in [1.165, 1.54) is 11.3 Å². The molecule has 0 fully saturated rings. The highest BCUT2D eigenvalue weighted by Crippen LogP contribution is 2.21. The van der Waals surface area contributed by atoms with Gasteiger partial charge in [0.25, 0.3) is 6.43 Å². The third-order valence-electron chi connectivity index (χ3n) is 1.14. The van der Waals surface area contributed by atoms with Gasteiger partial charge in [-0.3, -0.25) is 0 Å². The normalized spacial score (nSPS) is 14.0. The molecule has 1 atom stereocenters. The van der Waals surface area contributed by atoms with E-state index in [9.17, 15) is 8.78 Å². The van der Waals surface area contributed by atoms with Crippen LogP contribution in [0, 0.1) is 0 Å². The van der Waals surface area contributed by atoms with Crippen LogP contribution < -0.4 is 5.73 Å².